The van der Waals surface area contributed by atoms with E-state index in [-0.39, 0.29) is 17.7 Å². The van der Waals surface area contributed by atoms with E-state index in [9.17, 15) is 24.3 Å². The molecule has 1 N–H and O–H groups in total. The third-order valence-electron chi connectivity index (χ3n) is 4.73. The highest BCUT2D eigenvalue weighted by atomic mass is 16.3. The monoisotopic (exact) mass is 340 g/mol. The molecule has 0 fully saturated rings. The van der Waals surface area contributed by atoms with Crippen molar-refractivity contribution >= 4 is 24.1 Å². The van der Waals surface area contributed by atoms with Gasteiger partial charge in [-0.2, -0.15) is 0 Å². The lowest BCUT2D eigenvalue weighted by Crippen LogP contribution is -2.25. The van der Waals surface area contributed by atoms with Gasteiger partial charge >= 0.3 is 0 Å². The second kappa shape index (κ2) is 10.5. The van der Waals surface area contributed by atoms with Crippen LogP contribution in [0, 0.1) is 10.8 Å². The molecule has 0 rings (SSSR count). The maximum Gasteiger partial charge on any atom is 0.200 e. The van der Waals surface area contributed by atoms with Crippen LogP contribution >= 0.6 is 0 Å². The van der Waals surface area contributed by atoms with Crippen molar-refractivity contribution in [1.82, 2.24) is 0 Å². The number of carbonyl (C=O) groups excluding carboxylic acids is 4. The Kier molecular flexibility index (Phi) is 9.90. The van der Waals surface area contributed by atoms with Gasteiger partial charge in [0.25, 0.3) is 0 Å². The fourth-order valence-corrected chi connectivity index (χ4v) is 2.60. The summed E-state index contributed by atoms with van der Waals surface area (Å²) in [6.07, 6.45) is 6.20. The molecular formula is C19H32O5. The summed E-state index contributed by atoms with van der Waals surface area (Å²) in [6, 6.07) is 0. The average Bonchev–Trinajstić information content (AvgIpc) is 2.53. The first-order valence-corrected chi connectivity index (χ1v) is 8.74. The number of ketones is 2. The summed E-state index contributed by atoms with van der Waals surface area (Å²) in [5.74, 6) is -0.758. The first-order valence-electron chi connectivity index (χ1n) is 8.74. The van der Waals surface area contributed by atoms with Crippen molar-refractivity contribution in [3.8, 4) is 0 Å². The highest BCUT2D eigenvalue weighted by molar-refractivity contribution is 6.27. The van der Waals surface area contributed by atoms with E-state index in [0.717, 1.165) is 25.7 Å². The molecule has 0 saturated heterocycles. The minimum Gasteiger partial charge on any atom is -0.393 e. The van der Waals surface area contributed by atoms with Crippen molar-refractivity contribution in [1.29, 1.82) is 0 Å². The van der Waals surface area contributed by atoms with Gasteiger partial charge in [-0.15, -0.1) is 0 Å². The van der Waals surface area contributed by atoms with E-state index in [0.29, 0.717) is 38.3 Å². The first kappa shape index (κ1) is 22.6. The number of unbranched alkanes of at least 4 members (excludes halogenated alkanes) is 2. The molecule has 0 aliphatic rings. The van der Waals surface area contributed by atoms with Gasteiger partial charge < -0.3 is 5.11 Å². The number of hydrogen-bond acceptors (Lipinski definition) is 5. The zero-order valence-corrected chi connectivity index (χ0v) is 15.5. The summed E-state index contributed by atoms with van der Waals surface area (Å²) in [5.41, 5.74) is -1.24. The lowest BCUT2D eigenvalue weighted by atomic mass is 9.82. The molecule has 5 heteroatoms. The third-order valence-corrected chi connectivity index (χ3v) is 4.73. The molecule has 0 aromatic heterocycles. The fourth-order valence-electron chi connectivity index (χ4n) is 2.60. The molecule has 0 aliphatic heterocycles. The van der Waals surface area contributed by atoms with Crippen LogP contribution in [0.15, 0.2) is 0 Å². The smallest absolute Gasteiger partial charge is 0.200 e. The summed E-state index contributed by atoms with van der Waals surface area (Å²) in [5, 5.41) is 9.97. The quantitative estimate of drug-likeness (QED) is 0.298. The van der Waals surface area contributed by atoms with Crippen LogP contribution in [-0.2, 0) is 19.2 Å². The zero-order chi connectivity index (χ0) is 18.8. The number of hydrogen-bond donors (Lipinski definition) is 1. The summed E-state index contributed by atoms with van der Waals surface area (Å²) in [7, 11) is 0. The van der Waals surface area contributed by atoms with Crippen LogP contribution in [0.25, 0.3) is 0 Å². The van der Waals surface area contributed by atoms with Crippen LogP contribution in [0.1, 0.15) is 79.1 Å². The van der Waals surface area contributed by atoms with Gasteiger partial charge in [-0.1, -0.05) is 53.4 Å². The molecule has 0 amide bonds. The number of rotatable bonds is 14. The van der Waals surface area contributed by atoms with E-state index in [1.807, 2.05) is 0 Å². The topological polar surface area (TPSA) is 88.5 Å². The fraction of sp³-hybridized carbons (Fsp3) is 0.789. The lowest BCUT2D eigenvalue weighted by Gasteiger charge is -2.21. The SMILES string of the molecule is CC(C)(CCCCC(O)CCCCC(C)(C)C(=O)C=O)C(=O)C=O. The number of aliphatic hydroxyl groups excluding tert-OH is 1. The van der Waals surface area contributed by atoms with Crippen LogP contribution < -0.4 is 0 Å². The Hall–Kier alpha value is -1.36. The van der Waals surface area contributed by atoms with Crippen LogP contribution in [0.2, 0.25) is 0 Å². The normalized spacial score (nSPS) is 12.2. The predicted molar refractivity (Wildman–Crippen MR) is 92.6 cm³/mol. The molecule has 0 unspecified atom stereocenters. The Morgan fingerprint density at radius 2 is 1.12 bits per heavy atom. The Morgan fingerprint density at radius 3 is 1.42 bits per heavy atom. The van der Waals surface area contributed by atoms with Gasteiger partial charge in [0.15, 0.2) is 12.6 Å². The molecule has 5 nitrogen and oxygen atoms in total. The summed E-state index contributed by atoms with van der Waals surface area (Å²) >= 11 is 0. The molecule has 0 aromatic rings. The number of aliphatic hydroxyl groups is 1. The second-order valence-corrected chi connectivity index (χ2v) is 7.88. The van der Waals surface area contributed by atoms with Crippen molar-refractivity contribution in [3.63, 3.8) is 0 Å². The van der Waals surface area contributed by atoms with Crippen molar-refractivity contribution in [3.05, 3.63) is 0 Å². The molecule has 0 aromatic carbocycles. The summed E-state index contributed by atoms with van der Waals surface area (Å²) in [6.45, 7) is 7.07. The zero-order valence-electron chi connectivity index (χ0n) is 15.5. The lowest BCUT2D eigenvalue weighted by molar-refractivity contribution is -0.135. The molecule has 138 valence electrons. The Bertz CT molecular complexity index is 397. The highest BCUT2D eigenvalue weighted by Crippen LogP contribution is 2.26. The van der Waals surface area contributed by atoms with Crippen LogP contribution in [0.4, 0.5) is 0 Å². The van der Waals surface area contributed by atoms with E-state index >= 15 is 0 Å². The Morgan fingerprint density at radius 1 is 0.792 bits per heavy atom. The molecule has 0 bridgehead atoms. The largest absolute Gasteiger partial charge is 0.393 e. The van der Waals surface area contributed by atoms with E-state index in [2.05, 4.69) is 0 Å². The van der Waals surface area contributed by atoms with Crippen molar-refractivity contribution in [2.75, 3.05) is 0 Å². The standard InChI is InChI=1S/C19H32O5/c1-18(2,16(23)13-20)11-7-5-9-15(22)10-6-8-12-19(3,4)17(24)14-21/h13-15,22H,5-12H2,1-4H3. The van der Waals surface area contributed by atoms with E-state index in [4.69, 9.17) is 0 Å². The van der Waals surface area contributed by atoms with Gasteiger partial charge in [-0.25, -0.2) is 0 Å². The van der Waals surface area contributed by atoms with E-state index in [1.165, 1.54) is 0 Å². The van der Waals surface area contributed by atoms with Gasteiger partial charge in [0.1, 0.15) is 0 Å². The molecule has 24 heavy (non-hydrogen) atoms. The van der Waals surface area contributed by atoms with Gasteiger partial charge in [0, 0.05) is 10.8 Å². The van der Waals surface area contributed by atoms with Crippen molar-refractivity contribution in [2.24, 2.45) is 10.8 Å². The summed E-state index contributed by atoms with van der Waals surface area (Å²) < 4.78 is 0. The van der Waals surface area contributed by atoms with Crippen LogP contribution in [0.5, 0.6) is 0 Å². The van der Waals surface area contributed by atoms with Gasteiger partial charge in [0.2, 0.25) is 11.6 Å². The van der Waals surface area contributed by atoms with Crippen molar-refractivity contribution < 1.29 is 24.3 Å². The molecule has 0 aliphatic carbocycles. The second-order valence-electron chi connectivity index (χ2n) is 7.88. The molecule has 0 spiro atoms. The van der Waals surface area contributed by atoms with E-state index in [1.54, 1.807) is 27.7 Å². The number of aldehydes is 2. The number of Topliss-reactive ketones (excluding diaryl/α,β-unsaturated/α-hetero) is 2. The number of carbonyl (C=O) groups is 4. The van der Waals surface area contributed by atoms with Gasteiger partial charge in [-0.3, -0.25) is 19.2 Å². The first-order chi connectivity index (χ1) is 11.1. The molecule has 0 atom stereocenters. The molecule has 0 heterocycles. The predicted octanol–water partition coefficient (Wildman–Crippen LogP) is 3.06. The molecule has 0 radical (unpaired) electrons. The average molecular weight is 340 g/mol. The van der Waals surface area contributed by atoms with Gasteiger partial charge in [-0.05, 0) is 25.7 Å². The molecular weight excluding hydrogens is 308 g/mol. The Balaban J connectivity index is 3.87. The third kappa shape index (κ3) is 8.48. The van der Waals surface area contributed by atoms with Crippen molar-refractivity contribution in [2.45, 2.75) is 85.2 Å². The molecule has 0 saturated carbocycles. The maximum atomic E-state index is 11.4. The van der Waals surface area contributed by atoms with Gasteiger partial charge in [0.05, 0.1) is 6.10 Å². The summed E-state index contributed by atoms with van der Waals surface area (Å²) in [4.78, 5) is 43.9. The maximum absolute atomic E-state index is 11.4. The minimum absolute atomic E-state index is 0.379. The van der Waals surface area contributed by atoms with Crippen LogP contribution in [0.3, 0.4) is 0 Å². The van der Waals surface area contributed by atoms with Crippen LogP contribution in [-0.4, -0.2) is 35.3 Å². The highest BCUT2D eigenvalue weighted by Gasteiger charge is 2.27. The minimum atomic E-state index is -0.622. The van der Waals surface area contributed by atoms with E-state index < -0.39 is 10.8 Å². The Labute approximate surface area is 145 Å².